The van der Waals surface area contributed by atoms with Crippen molar-refractivity contribution in [2.45, 2.75) is 43.3 Å². The molecule has 3 aliphatic rings. The van der Waals surface area contributed by atoms with Gasteiger partial charge in [-0.2, -0.15) is 13.2 Å². The van der Waals surface area contributed by atoms with Crippen LogP contribution in [0.5, 0.6) is 0 Å². The standard InChI is InChI=1S/C19H21F3N2O3/c20-19(21,22)15-3-1-12(2-4-15)13-5-7-24(8-6-13)16(25)14-9-18(10-14)11-27-17(26)23-18/h1-4,13-14H,5-11H2,(H,23,26). The molecule has 4 rings (SSSR count). The Balaban J connectivity index is 1.29. The van der Waals surface area contributed by atoms with E-state index in [1.165, 1.54) is 0 Å². The summed E-state index contributed by atoms with van der Waals surface area (Å²) in [4.78, 5) is 25.7. The Morgan fingerprint density at radius 2 is 1.78 bits per heavy atom. The highest BCUT2D eigenvalue weighted by molar-refractivity contribution is 5.81. The van der Waals surface area contributed by atoms with Gasteiger partial charge < -0.3 is 15.0 Å². The summed E-state index contributed by atoms with van der Waals surface area (Å²) < 4.78 is 42.9. The van der Waals surface area contributed by atoms with Crippen LogP contribution < -0.4 is 5.32 Å². The number of rotatable bonds is 2. The van der Waals surface area contributed by atoms with Crippen LogP contribution >= 0.6 is 0 Å². The first kappa shape index (κ1) is 18.1. The van der Waals surface area contributed by atoms with Gasteiger partial charge in [0.05, 0.1) is 11.1 Å². The summed E-state index contributed by atoms with van der Waals surface area (Å²) in [5, 5.41) is 2.79. The van der Waals surface area contributed by atoms with Crippen LogP contribution in [0.4, 0.5) is 18.0 Å². The van der Waals surface area contributed by atoms with Gasteiger partial charge in [0, 0.05) is 19.0 Å². The van der Waals surface area contributed by atoms with E-state index in [0.29, 0.717) is 32.5 Å². The number of nitrogens with zero attached hydrogens (tertiary/aromatic N) is 1. The maximum absolute atomic E-state index is 12.7. The number of likely N-dealkylation sites (tertiary alicyclic amines) is 1. The molecule has 146 valence electrons. The topological polar surface area (TPSA) is 58.6 Å². The van der Waals surface area contributed by atoms with Gasteiger partial charge in [-0.1, -0.05) is 12.1 Å². The molecule has 1 aromatic carbocycles. The van der Waals surface area contributed by atoms with Crippen LogP contribution in [-0.4, -0.2) is 42.1 Å². The predicted molar refractivity (Wildman–Crippen MR) is 89.9 cm³/mol. The van der Waals surface area contributed by atoms with Crippen molar-refractivity contribution in [1.82, 2.24) is 10.2 Å². The number of cyclic esters (lactones) is 1. The highest BCUT2D eigenvalue weighted by Gasteiger charge is 2.53. The number of piperidine rings is 1. The van der Waals surface area contributed by atoms with Crippen LogP contribution in [0.2, 0.25) is 0 Å². The number of nitrogens with one attached hydrogen (secondary N) is 1. The molecule has 1 aliphatic carbocycles. The highest BCUT2D eigenvalue weighted by atomic mass is 19.4. The molecule has 5 nitrogen and oxygen atoms in total. The third-order valence-corrected chi connectivity index (χ3v) is 5.99. The van der Waals surface area contributed by atoms with Gasteiger partial charge in [0.2, 0.25) is 5.91 Å². The average Bonchev–Trinajstić information content (AvgIpc) is 3.02. The lowest BCUT2D eigenvalue weighted by atomic mass is 9.68. The van der Waals surface area contributed by atoms with Gasteiger partial charge in [0.25, 0.3) is 0 Å². The van der Waals surface area contributed by atoms with Crippen molar-refractivity contribution in [2.75, 3.05) is 19.7 Å². The number of hydrogen-bond acceptors (Lipinski definition) is 3. The zero-order valence-corrected chi connectivity index (χ0v) is 14.7. The quantitative estimate of drug-likeness (QED) is 0.854. The van der Waals surface area contributed by atoms with E-state index in [1.54, 1.807) is 12.1 Å². The van der Waals surface area contributed by atoms with E-state index in [4.69, 9.17) is 4.74 Å². The zero-order valence-electron chi connectivity index (χ0n) is 14.7. The van der Waals surface area contributed by atoms with Gasteiger partial charge in [-0.3, -0.25) is 4.79 Å². The first-order valence-corrected chi connectivity index (χ1v) is 9.17. The SMILES string of the molecule is O=C1NC2(CO1)CC(C(=O)N1CCC(c3ccc(C(F)(F)F)cc3)CC1)C2. The van der Waals surface area contributed by atoms with Crippen LogP contribution in [0.25, 0.3) is 0 Å². The van der Waals surface area contributed by atoms with Gasteiger partial charge in [-0.05, 0) is 49.3 Å². The minimum Gasteiger partial charge on any atom is -0.447 e. The average molecular weight is 382 g/mol. The summed E-state index contributed by atoms with van der Waals surface area (Å²) in [6.45, 7) is 1.54. The van der Waals surface area contributed by atoms with E-state index in [2.05, 4.69) is 5.32 Å². The number of halogens is 3. The van der Waals surface area contributed by atoms with Crippen LogP contribution in [0, 0.1) is 5.92 Å². The zero-order chi connectivity index (χ0) is 19.2. The molecule has 2 amide bonds. The second-order valence-electron chi connectivity index (χ2n) is 7.81. The Hall–Kier alpha value is -2.25. The molecule has 8 heteroatoms. The van der Waals surface area contributed by atoms with Crippen molar-refractivity contribution in [1.29, 1.82) is 0 Å². The van der Waals surface area contributed by atoms with Crippen molar-refractivity contribution in [3.8, 4) is 0 Å². The molecule has 27 heavy (non-hydrogen) atoms. The number of amides is 2. The lowest BCUT2D eigenvalue weighted by Crippen LogP contribution is -2.58. The van der Waals surface area contributed by atoms with Gasteiger partial charge in [-0.25, -0.2) is 4.79 Å². The molecule has 1 saturated carbocycles. The first-order valence-electron chi connectivity index (χ1n) is 9.17. The largest absolute Gasteiger partial charge is 0.447 e. The summed E-state index contributed by atoms with van der Waals surface area (Å²) in [6, 6.07) is 5.34. The first-order chi connectivity index (χ1) is 12.8. The Morgan fingerprint density at radius 1 is 1.15 bits per heavy atom. The Labute approximate surface area is 154 Å². The molecule has 2 heterocycles. The fourth-order valence-corrected chi connectivity index (χ4v) is 4.41. The van der Waals surface area contributed by atoms with E-state index in [-0.39, 0.29) is 23.3 Å². The third-order valence-electron chi connectivity index (χ3n) is 5.99. The summed E-state index contributed by atoms with van der Waals surface area (Å²) in [5.74, 6) is 0.189. The molecule has 2 aliphatic heterocycles. The van der Waals surface area contributed by atoms with Crippen molar-refractivity contribution in [3.63, 3.8) is 0 Å². The van der Waals surface area contributed by atoms with Crippen LogP contribution in [-0.2, 0) is 15.7 Å². The number of benzene rings is 1. The van der Waals surface area contributed by atoms with Gasteiger partial charge in [0.15, 0.2) is 0 Å². The van der Waals surface area contributed by atoms with Crippen molar-refractivity contribution >= 4 is 12.0 Å². The third kappa shape index (κ3) is 3.49. The van der Waals surface area contributed by atoms with Crippen LogP contribution in [0.3, 0.4) is 0 Å². The van der Waals surface area contributed by atoms with E-state index in [9.17, 15) is 22.8 Å². The molecule has 3 fully saturated rings. The lowest BCUT2D eigenvalue weighted by molar-refractivity contribution is -0.142. The number of alkyl halides is 3. The van der Waals surface area contributed by atoms with E-state index in [0.717, 1.165) is 30.5 Å². The number of alkyl carbamates (subject to hydrolysis) is 1. The van der Waals surface area contributed by atoms with Crippen molar-refractivity contribution < 1.29 is 27.5 Å². The monoisotopic (exact) mass is 382 g/mol. The molecule has 0 radical (unpaired) electrons. The fraction of sp³-hybridized carbons (Fsp3) is 0.579. The minimum atomic E-state index is -4.32. The number of hydrogen-bond donors (Lipinski definition) is 1. The smallest absolute Gasteiger partial charge is 0.416 e. The molecule has 1 spiro atoms. The molecular formula is C19H21F3N2O3. The molecule has 1 aromatic rings. The van der Waals surface area contributed by atoms with Gasteiger partial charge >= 0.3 is 12.3 Å². The van der Waals surface area contributed by atoms with E-state index >= 15 is 0 Å². The van der Waals surface area contributed by atoms with E-state index < -0.39 is 17.8 Å². The Kier molecular flexibility index (Phi) is 4.31. The Morgan fingerprint density at radius 3 is 2.30 bits per heavy atom. The van der Waals surface area contributed by atoms with E-state index in [1.807, 2.05) is 4.90 Å². The molecule has 2 saturated heterocycles. The maximum Gasteiger partial charge on any atom is 0.416 e. The van der Waals surface area contributed by atoms with Gasteiger partial charge in [0.1, 0.15) is 6.61 Å². The molecule has 0 atom stereocenters. The Bertz CT molecular complexity index is 734. The number of carbonyl (C=O) groups excluding carboxylic acids is 2. The van der Waals surface area contributed by atoms with Crippen LogP contribution in [0.1, 0.15) is 42.7 Å². The summed E-state index contributed by atoms with van der Waals surface area (Å²) >= 11 is 0. The second kappa shape index (κ2) is 6.42. The normalized spacial score (nSPS) is 28.6. The predicted octanol–water partition coefficient (Wildman–Crippen LogP) is 3.30. The van der Waals surface area contributed by atoms with Crippen molar-refractivity contribution in [3.05, 3.63) is 35.4 Å². The van der Waals surface area contributed by atoms with Crippen molar-refractivity contribution in [2.24, 2.45) is 5.92 Å². The highest BCUT2D eigenvalue weighted by Crippen LogP contribution is 2.42. The molecule has 0 aromatic heterocycles. The molecule has 0 bridgehead atoms. The van der Waals surface area contributed by atoms with Crippen LogP contribution in [0.15, 0.2) is 24.3 Å². The molecular weight excluding hydrogens is 361 g/mol. The number of carbonyl (C=O) groups is 2. The summed E-state index contributed by atoms with van der Waals surface area (Å²) in [6.07, 6.45) is -2.03. The number of ether oxygens (including phenoxy) is 1. The van der Waals surface area contributed by atoms with Gasteiger partial charge in [-0.15, -0.1) is 0 Å². The lowest BCUT2D eigenvalue weighted by Gasteiger charge is -2.45. The molecule has 0 unspecified atom stereocenters. The maximum atomic E-state index is 12.7. The molecule has 1 N–H and O–H groups in total. The summed E-state index contributed by atoms with van der Waals surface area (Å²) in [5.41, 5.74) is -0.111. The summed E-state index contributed by atoms with van der Waals surface area (Å²) in [7, 11) is 0. The second-order valence-corrected chi connectivity index (χ2v) is 7.81. The minimum absolute atomic E-state index is 0.0883. The fourth-order valence-electron chi connectivity index (χ4n) is 4.41.